The van der Waals surface area contributed by atoms with E-state index in [0.717, 1.165) is 11.3 Å². The van der Waals surface area contributed by atoms with Gasteiger partial charge in [0.25, 0.3) is 0 Å². The lowest BCUT2D eigenvalue weighted by Crippen LogP contribution is -2.12. The Balaban J connectivity index is 2.11. The Morgan fingerprint density at radius 2 is 1.85 bits per heavy atom. The predicted octanol–water partition coefficient (Wildman–Crippen LogP) is 3.59. The molecule has 0 atom stereocenters. The number of rotatable bonds is 5. The maximum absolute atomic E-state index is 11.4. The van der Waals surface area contributed by atoms with Gasteiger partial charge >= 0.3 is 0 Å². The Morgan fingerprint density at radius 3 is 2.38 bits per heavy atom. The Morgan fingerprint density at radius 1 is 1.15 bits per heavy atom. The Kier molecular flexibility index (Phi) is 5.24. The van der Waals surface area contributed by atoms with E-state index >= 15 is 0 Å². The number of benzene rings is 2. The van der Waals surface area contributed by atoms with Crippen LogP contribution in [0.15, 0.2) is 53.4 Å². The second-order valence-corrected chi connectivity index (χ2v) is 7.69. The van der Waals surface area contributed by atoms with Crippen molar-refractivity contribution >= 4 is 33.2 Å². The van der Waals surface area contributed by atoms with Gasteiger partial charge in [-0.05, 0) is 48.5 Å². The van der Waals surface area contributed by atoms with Crippen molar-refractivity contribution in [2.75, 3.05) is 7.11 Å². The number of hydrogen-bond acceptors (Lipinski definition) is 4. The molecular weight excluding hydrogens is 397 g/mol. The van der Waals surface area contributed by atoms with E-state index in [0.29, 0.717) is 22.2 Å². The van der Waals surface area contributed by atoms with E-state index in [2.05, 4.69) is 5.10 Å². The highest BCUT2D eigenvalue weighted by Crippen LogP contribution is 2.32. The van der Waals surface area contributed by atoms with Crippen molar-refractivity contribution in [1.29, 1.82) is 0 Å². The third kappa shape index (κ3) is 3.71. The molecule has 1 heterocycles. The average molecular weight is 412 g/mol. The van der Waals surface area contributed by atoms with E-state index in [1.807, 2.05) is 12.1 Å². The van der Waals surface area contributed by atoms with Crippen LogP contribution in [-0.4, -0.2) is 25.3 Å². The number of aromatic nitrogens is 2. The van der Waals surface area contributed by atoms with E-state index in [9.17, 15) is 8.42 Å². The quantitative estimate of drug-likeness (QED) is 0.649. The first-order chi connectivity index (χ1) is 12.3. The van der Waals surface area contributed by atoms with Crippen LogP contribution in [0.1, 0.15) is 5.69 Å². The zero-order chi connectivity index (χ0) is 18.9. The van der Waals surface area contributed by atoms with Gasteiger partial charge in [0.1, 0.15) is 5.75 Å². The Labute approximate surface area is 161 Å². The van der Waals surface area contributed by atoms with Crippen LogP contribution in [0.5, 0.6) is 5.75 Å². The van der Waals surface area contributed by atoms with Crippen molar-refractivity contribution < 1.29 is 13.2 Å². The molecule has 136 valence electrons. The highest BCUT2D eigenvalue weighted by Gasteiger charge is 2.14. The highest BCUT2D eigenvalue weighted by molar-refractivity contribution is 7.89. The summed E-state index contributed by atoms with van der Waals surface area (Å²) in [6.07, 6.45) is 0. The van der Waals surface area contributed by atoms with Crippen LogP contribution in [0.4, 0.5) is 0 Å². The molecule has 26 heavy (non-hydrogen) atoms. The summed E-state index contributed by atoms with van der Waals surface area (Å²) in [5, 5.41) is 10.1. The number of alkyl halides is 1. The van der Waals surface area contributed by atoms with Crippen molar-refractivity contribution in [3.63, 3.8) is 0 Å². The average Bonchev–Trinajstić information content (AvgIpc) is 3.05. The summed E-state index contributed by atoms with van der Waals surface area (Å²) in [6.45, 7) is 0. The molecule has 0 amide bonds. The number of hydrogen-bond donors (Lipinski definition) is 1. The van der Waals surface area contributed by atoms with Gasteiger partial charge < -0.3 is 4.74 Å². The molecule has 0 aliphatic rings. The molecule has 3 rings (SSSR count). The molecule has 0 unspecified atom stereocenters. The summed E-state index contributed by atoms with van der Waals surface area (Å²) >= 11 is 12.2. The molecule has 1 aromatic heterocycles. The van der Waals surface area contributed by atoms with Crippen molar-refractivity contribution in [3.8, 4) is 22.7 Å². The van der Waals surface area contributed by atoms with E-state index in [4.69, 9.17) is 33.1 Å². The minimum atomic E-state index is -3.76. The second-order valence-electron chi connectivity index (χ2n) is 5.45. The summed E-state index contributed by atoms with van der Waals surface area (Å²) in [5.74, 6) is 0.802. The number of ether oxygens (including phenoxy) is 1. The standard InChI is InChI=1S/C17H15Cl2N3O3S/c1-25-17-7-2-11(8-15(17)19)16-9-12(10-18)21-22(16)13-3-5-14(6-4-13)26(20,23)24/h2-9H,10H2,1H3,(H2,20,23,24). The van der Waals surface area contributed by atoms with Gasteiger partial charge in [-0.1, -0.05) is 11.6 Å². The monoisotopic (exact) mass is 411 g/mol. The van der Waals surface area contributed by atoms with Crippen LogP contribution >= 0.6 is 23.2 Å². The smallest absolute Gasteiger partial charge is 0.238 e. The first-order valence-corrected chi connectivity index (χ1v) is 9.91. The third-order valence-electron chi connectivity index (χ3n) is 3.75. The first kappa shape index (κ1) is 18.7. The number of methoxy groups -OCH3 is 1. The van der Waals surface area contributed by atoms with Crippen LogP contribution in [0.3, 0.4) is 0 Å². The van der Waals surface area contributed by atoms with Gasteiger partial charge in [-0.2, -0.15) is 5.10 Å². The lowest BCUT2D eigenvalue weighted by molar-refractivity contribution is 0.415. The summed E-state index contributed by atoms with van der Waals surface area (Å²) in [4.78, 5) is 0.0278. The van der Waals surface area contributed by atoms with Crippen molar-refractivity contribution in [2.24, 2.45) is 5.14 Å². The Bertz CT molecular complexity index is 1050. The lowest BCUT2D eigenvalue weighted by Gasteiger charge is -2.10. The first-order valence-electron chi connectivity index (χ1n) is 7.45. The van der Waals surface area contributed by atoms with Crippen LogP contribution in [0, 0.1) is 0 Å². The number of nitrogens with zero attached hydrogens (tertiary/aromatic N) is 2. The number of sulfonamides is 1. The molecule has 0 saturated carbocycles. The summed E-state index contributed by atoms with van der Waals surface area (Å²) < 4.78 is 29.7. The zero-order valence-corrected chi connectivity index (χ0v) is 16.0. The van der Waals surface area contributed by atoms with Crippen LogP contribution in [0.25, 0.3) is 16.9 Å². The SMILES string of the molecule is COc1ccc(-c2cc(CCl)nn2-c2ccc(S(N)(=O)=O)cc2)cc1Cl. The summed E-state index contributed by atoms with van der Waals surface area (Å²) in [5.41, 5.74) is 2.91. The van der Waals surface area contributed by atoms with Gasteiger partial charge in [0.2, 0.25) is 10.0 Å². The third-order valence-corrected chi connectivity index (χ3v) is 5.25. The molecular formula is C17H15Cl2N3O3S. The van der Waals surface area contributed by atoms with Crippen molar-refractivity contribution in [3.05, 3.63) is 59.2 Å². The molecule has 0 aliphatic carbocycles. The van der Waals surface area contributed by atoms with Crippen LogP contribution in [-0.2, 0) is 15.9 Å². The fraction of sp³-hybridized carbons (Fsp3) is 0.118. The van der Waals surface area contributed by atoms with E-state index < -0.39 is 10.0 Å². The van der Waals surface area contributed by atoms with Gasteiger partial charge in [0.05, 0.1) is 40.0 Å². The van der Waals surface area contributed by atoms with E-state index in [1.165, 1.54) is 12.1 Å². The van der Waals surface area contributed by atoms with Gasteiger partial charge in [-0.25, -0.2) is 18.2 Å². The summed E-state index contributed by atoms with van der Waals surface area (Å²) in [7, 11) is -2.21. The van der Waals surface area contributed by atoms with E-state index in [1.54, 1.807) is 36.1 Å². The van der Waals surface area contributed by atoms with Gasteiger partial charge in [0.15, 0.2) is 0 Å². The minimum Gasteiger partial charge on any atom is -0.495 e. The fourth-order valence-corrected chi connectivity index (χ4v) is 3.40. The zero-order valence-electron chi connectivity index (χ0n) is 13.7. The largest absolute Gasteiger partial charge is 0.495 e. The molecule has 2 N–H and O–H groups in total. The van der Waals surface area contributed by atoms with Crippen molar-refractivity contribution in [1.82, 2.24) is 9.78 Å². The normalized spacial score (nSPS) is 11.5. The molecule has 6 nitrogen and oxygen atoms in total. The number of halogens is 2. The molecule has 0 aliphatic heterocycles. The van der Waals surface area contributed by atoms with Gasteiger partial charge in [-0.15, -0.1) is 11.6 Å². The molecule has 0 bridgehead atoms. The molecule has 9 heteroatoms. The molecule has 0 radical (unpaired) electrons. The second kappa shape index (κ2) is 7.28. The van der Waals surface area contributed by atoms with Gasteiger partial charge in [-0.3, -0.25) is 0 Å². The predicted molar refractivity (Wildman–Crippen MR) is 101 cm³/mol. The highest BCUT2D eigenvalue weighted by atomic mass is 35.5. The molecule has 0 spiro atoms. The van der Waals surface area contributed by atoms with Crippen LogP contribution < -0.4 is 9.88 Å². The fourth-order valence-electron chi connectivity index (χ4n) is 2.50. The minimum absolute atomic E-state index is 0.0278. The van der Waals surface area contributed by atoms with Crippen molar-refractivity contribution in [2.45, 2.75) is 10.8 Å². The van der Waals surface area contributed by atoms with E-state index in [-0.39, 0.29) is 10.8 Å². The topological polar surface area (TPSA) is 87.2 Å². The number of primary sulfonamides is 1. The molecule has 0 saturated heterocycles. The number of nitrogens with two attached hydrogens (primary N) is 1. The maximum atomic E-state index is 11.4. The summed E-state index contributed by atoms with van der Waals surface area (Å²) in [6, 6.07) is 13.3. The maximum Gasteiger partial charge on any atom is 0.238 e. The van der Waals surface area contributed by atoms with Crippen LogP contribution in [0.2, 0.25) is 5.02 Å². The molecule has 3 aromatic rings. The van der Waals surface area contributed by atoms with Gasteiger partial charge in [0, 0.05) is 5.56 Å². The molecule has 0 fully saturated rings. The Hall–Kier alpha value is -2.06. The molecule has 2 aromatic carbocycles. The lowest BCUT2D eigenvalue weighted by atomic mass is 10.1.